The van der Waals surface area contributed by atoms with Crippen LogP contribution in [0.4, 0.5) is 0 Å². The fourth-order valence-electron chi connectivity index (χ4n) is 1.60. The summed E-state index contributed by atoms with van der Waals surface area (Å²) < 4.78 is 0. The molecule has 0 radical (unpaired) electrons. The normalized spacial score (nSPS) is 20.0. The number of rotatable bonds is 2. The molecule has 2 rings (SSSR count). The Morgan fingerprint density at radius 1 is 1.31 bits per heavy atom. The van der Waals surface area contributed by atoms with E-state index in [2.05, 4.69) is 33.5 Å². The molecule has 72 valence electrons. The van der Waals surface area contributed by atoms with E-state index in [4.69, 9.17) is 0 Å². The Labute approximate surface area is 88.1 Å². The molecule has 0 bridgehead atoms. The van der Waals surface area contributed by atoms with Gasteiger partial charge < -0.3 is 0 Å². The average molecular weight is 213 g/mol. The van der Waals surface area contributed by atoms with Crippen LogP contribution in [0.25, 0.3) is 0 Å². The highest BCUT2D eigenvalue weighted by molar-refractivity contribution is 7.99. The first kappa shape index (κ1) is 9.56. The van der Waals surface area contributed by atoms with E-state index in [9.17, 15) is 0 Å². The lowest BCUT2D eigenvalue weighted by Crippen LogP contribution is -2.25. The minimum atomic E-state index is 1.16. The van der Waals surface area contributed by atoms with Gasteiger partial charge >= 0.3 is 0 Å². The van der Waals surface area contributed by atoms with Crippen molar-refractivity contribution in [2.24, 2.45) is 0 Å². The highest BCUT2D eigenvalue weighted by Gasteiger charge is 2.09. The number of hydrogen-bond donors (Lipinski definition) is 0. The van der Waals surface area contributed by atoms with Crippen molar-refractivity contribution in [2.45, 2.75) is 13.0 Å². The molecule has 0 N–H and O–H groups in total. The first-order valence-electron chi connectivity index (χ1n) is 4.76. The van der Waals surface area contributed by atoms with E-state index in [1.54, 1.807) is 11.3 Å². The molecular weight excluding hydrogens is 198 g/mol. The Kier molecular flexibility index (Phi) is 3.70. The average Bonchev–Trinajstić information content (AvgIpc) is 2.49. The van der Waals surface area contributed by atoms with Gasteiger partial charge in [0.15, 0.2) is 0 Å². The molecule has 1 fully saturated rings. The standard InChI is InChI=1S/C10H15NS2/c1-3-11(4-7-12-5-1)8-10-2-6-13-9-10/h2,6,9H,1,3-5,7-8H2. The predicted octanol–water partition coefficient (Wildman–Crippen LogP) is 2.69. The Balaban J connectivity index is 1.86. The molecule has 3 heteroatoms. The Hall–Kier alpha value is 0.01000. The molecule has 0 aromatic carbocycles. The third kappa shape index (κ3) is 3.01. The molecule has 1 aliphatic heterocycles. The third-order valence-corrected chi connectivity index (χ3v) is 4.08. The van der Waals surface area contributed by atoms with Crippen LogP contribution in [-0.4, -0.2) is 29.5 Å². The van der Waals surface area contributed by atoms with Gasteiger partial charge in [0.05, 0.1) is 0 Å². The maximum Gasteiger partial charge on any atom is 0.0242 e. The third-order valence-electron chi connectivity index (χ3n) is 2.30. The molecule has 2 heterocycles. The van der Waals surface area contributed by atoms with Gasteiger partial charge in [0.25, 0.3) is 0 Å². The van der Waals surface area contributed by atoms with Crippen molar-refractivity contribution in [1.82, 2.24) is 4.90 Å². The van der Waals surface area contributed by atoms with Crippen LogP contribution in [0.1, 0.15) is 12.0 Å². The van der Waals surface area contributed by atoms with Crippen molar-refractivity contribution in [3.05, 3.63) is 22.4 Å². The molecular formula is C10H15NS2. The maximum absolute atomic E-state index is 2.57. The summed E-state index contributed by atoms with van der Waals surface area (Å²) in [4.78, 5) is 2.57. The lowest BCUT2D eigenvalue weighted by atomic mass is 10.3. The van der Waals surface area contributed by atoms with Crippen LogP contribution in [0.15, 0.2) is 16.8 Å². The second-order valence-corrected chi connectivity index (χ2v) is 5.38. The summed E-state index contributed by atoms with van der Waals surface area (Å²) in [6.45, 7) is 3.70. The van der Waals surface area contributed by atoms with Gasteiger partial charge in [-0.15, -0.1) is 0 Å². The molecule has 1 aliphatic rings. The van der Waals surface area contributed by atoms with Crippen LogP contribution in [0, 0.1) is 0 Å². The maximum atomic E-state index is 2.57. The van der Waals surface area contributed by atoms with E-state index in [0.29, 0.717) is 0 Å². The van der Waals surface area contributed by atoms with Crippen molar-refractivity contribution in [3.63, 3.8) is 0 Å². The van der Waals surface area contributed by atoms with Crippen LogP contribution < -0.4 is 0 Å². The van der Waals surface area contributed by atoms with Crippen LogP contribution in [0.3, 0.4) is 0 Å². The van der Waals surface area contributed by atoms with Crippen molar-refractivity contribution >= 4 is 23.1 Å². The number of hydrogen-bond acceptors (Lipinski definition) is 3. The summed E-state index contributed by atoms with van der Waals surface area (Å²) in [5.41, 5.74) is 1.48. The molecule has 13 heavy (non-hydrogen) atoms. The fourth-order valence-corrected chi connectivity index (χ4v) is 3.18. The van der Waals surface area contributed by atoms with Crippen molar-refractivity contribution in [3.8, 4) is 0 Å². The smallest absolute Gasteiger partial charge is 0.0242 e. The second kappa shape index (κ2) is 5.03. The van der Waals surface area contributed by atoms with Crippen molar-refractivity contribution < 1.29 is 0 Å². The molecule has 1 aromatic heterocycles. The van der Waals surface area contributed by atoms with Gasteiger partial charge in [0, 0.05) is 18.8 Å². The number of thioether (sulfide) groups is 1. The fraction of sp³-hybridized carbons (Fsp3) is 0.600. The van der Waals surface area contributed by atoms with E-state index in [1.165, 1.54) is 36.6 Å². The molecule has 1 aromatic rings. The number of thiophene rings is 1. The Morgan fingerprint density at radius 3 is 3.15 bits per heavy atom. The van der Waals surface area contributed by atoms with E-state index in [-0.39, 0.29) is 0 Å². The van der Waals surface area contributed by atoms with Gasteiger partial charge in [0.1, 0.15) is 0 Å². The van der Waals surface area contributed by atoms with Gasteiger partial charge in [-0.1, -0.05) is 0 Å². The molecule has 1 saturated heterocycles. The SMILES string of the molecule is c1cc(CN2CCCSCC2)cs1. The first-order valence-corrected chi connectivity index (χ1v) is 6.86. The van der Waals surface area contributed by atoms with Gasteiger partial charge in [-0.05, 0) is 41.1 Å². The molecule has 0 spiro atoms. The van der Waals surface area contributed by atoms with Crippen molar-refractivity contribution in [1.29, 1.82) is 0 Å². The highest BCUT2D eigenvalue weighted by atomic mass is 32.2. The summed E-state index contributed by atoms with van der Waals surface area (Å²) >= 11 is 3.89. The van der Waals surface area contributed by atoms with Gasteiger partial charge in [-0.25, -0.2) is 0 Å². The molecule has 0 unspecified atom stereocenters. The van der Waals surface area contributed by atoms with E-state index < -0.39 is 0 Å². The monoisotopic (exact) mass is 213 g/mol. The van der Waals surface area contributed by atoms with Gasteiger partial charge in [-0.2, -0.15) is 23.1 Å². The van der Waals surface area contributed by atoms with Crippen LogP contribution in [-0.2, 0) is 6.54 Å². The zero-order chi connectivity index (χ0) is 8.93. The van der Waals surface area contributed by atoms with Crippen LogP contribution in [0.2, 0.25) is 0 Å². The van der Waals surface area contributed by atoms with Gasteiger partial charge in [0.2, 0.25) is 0 Å². The van der Waals surface area contributed by atoms with E-state index in [0.717, 1.165) is 6.54 Å². The quantitative estimate of drug-likeness (QED) is 0.743. The summed E-state index contributed by atoms with van der Waals surface area (Å²) in [6, 6.07) is 2.24. The minimum absolute atomic E-state index is 1.16. The molecule has 0 amide bonds. The predicted molar refractivity (Wildman–Crippen MR) is 61.5 cm³/mol. The van der Waals surface area contributed by atoms with Crippen LogP contribution in [0.5, 0.6) is 0 Å². The Bertz CT molecular complexity index is 225. The van der Waals surface area contributed by atoms with Crippen molar-refractivity contribution in [2.75, 3.05) is 24.6 Å². The van der Waals surface area contributed by atoms with E-state index >= 15 is 0 Å². The summed E-state index contributed by atoms with van der Waals surface area (Å²) in [6.07, 6.45) is 1.36. The van der Waals surface area contributed by atoms with Crippen LogP contribution >= 0.6 is 23.1 Å². The zero-order valence-electron chi connectivity index (χ0n) is 7.74. The van der Waals surface area contributed by atoms with Gasteiger partial charge in [-0.3, -0.25) is 4.90 Å². The molecule has 0 aliphatic carbocycles. The topological polar surface area (TPSA) is 3.24 Å². The molecule has 1 nitrogen and oxygen atoms in total. The summed E-state index contributed by atoms with van der Waals surface area (Å²) in [5.74, 6) is 2.66. The first-order chi connectivity index (χ1) is 6.45. The largest absolute Gasteiger partial charge is 0.298 e. The molecule has 0 atom stereocenters. The minimum Gasteiger partial charge on any atom is -0.298 e. The highest BCUT2D eigenvalue weighted by Crippen LogP contribution is 2.14. The summed E-state index contributed by atoms with van der Waals surface area (Å²) in [7, 11) is 0. The lowest BCUT2D eigenvalue weighted by molar-refractivity contribution is 0.288. The number of nitrogens with zero attached hydrogens (tertiary/aromatic N) is 1. The second-order valence-electron chi connectivity index (χ2n) is 3.37. The zero-order valence-corrected chi connectivity index (χ0v) is 9.37. The Morgan fingerprint density at radius 2 is 2.31 bits per heavy atom. The van der Waals surface area contributed by atoms with E-state index in [1.807, 2.05) is 0 Å². The molecule has 0 saturated carbocycles. The summed E-state index contributed by atoms with van der Waals surface area (Å²) in [5, 5.41) is 4.43. The lowest BCUT2D eigenvalue weighted by Gasteiger charge is -2.18.